The molecule has 0 saturated carbocycles. The van der Waals surface area contributed by atoms with Gasteiger partial charge in [-0.25, -0.2) is 4.98 Å². The molecular formula is C20H24N2O. The second-order valence-corrected chi connectivity index (χ2v) is 6.05. The van der Waals surface area contributed by atoms with Gasteiger partial charge in [0.05, 0.1) is 17.6 Å². The van der Waals surface area contributed by atoms with Gasteiger partial charge in [-0.05, 0) is 55.7 Å². The van der Waals surface area contributed by atoms with Gasteiger partial charge >= 0.3 is 0 Å². The van der Waals surface area contributed by atoms with Crippen LogP contribution >= 0.6 is 0 Å². The van der Waals surface area contributed by atoms with E-state index in [9.17, 15) is 0 Å². The van der Waals surface area contributed by atoms with E-state index in [-0.39, 0.29) is 0 Å². The van der Waals surface area contributed by atoms with Crippen molar-refractivity contribution in [3.05, 3.63) is 59.4 Å². The summed E-state index contributed by atoms with van der Waals surface area (Å²) in [6, 6.07) is 14.7. The highest BCUT2D eigenvalue weighted by Crippen LogP contribution is 2.18. The van der Waals surface area contributed by atoms with Crippen LogP contribution < -0.4 is 4.74 Å². The van der Waals surface area contributed by atoms with Crippen molar-refractivity contribution in [3.63, 3.8) is 0 Å². The van der Waals surface area contributed by atoms with Crippen LogP contribution in [0.3, 0.4) is 0 Å². The van der Waals surface area contributed by atoms with Crippen molar-refractivity contribution >= 4 is 11.0 Å². The molecule has 0 spiro atoms. The molecule has 3 nitrogen and oxygen atoms in total. The molecule has 0 radical (unpaired) electrons. The fourth-order valence-corrected chi connectivity index (χ4v) is 3.07. The summed E-state index contributed by atoms with van der Waals surface area (Å²) < 4.78 is 8.24. The van der Waals surface area contributed by atoms with E-state index in [0.717, 1.165) is 43.1 Å². The van der Waals surface area contributed by atoms with Gasteiger partial charge < -0.3 is 9.30 Å². The number of hydrogen-bond acceptors (Lipinski definition) is 2. The van der Waals surface area contributed by atoms with Crippen molar-refractivity contribution in [3.8, 4) is 5.75 Å². The van der Waals surface area contributed by atoms with Crippen LogP contribution in [-0.2, 0) is 13.0 Å². The summed E-state index contributed by atoms with van der Waals surface area (Å²) in [6.07, 6.45) is 1.92. The number of imidazole rings is 1. The number of benzene rings is 2. The molecular weight excluding hydrogens is 284 g/mol. The van der Waals surface area contributed by atoms with Crippen molar-refractivity contribution in [2.24, 2.45) is 0 Å². The standard InChI is InChI=1S/C20H24N2O/c1-4-20-21-18-8-5-6-9-19(18)22(20)10-7-11-23-17-13-15(2)12-16(3)14-17/h5-6,8-9,12-14H,4,7,10-11H2,1-3H3. The molecule has 0 fully saturated rings. The summed E-state index contributed by atoms with van der Waals surface area (Å²) in [5.74, 6) is 2.12. The van der Waals surface area contributed by atoms with Gasteiger partial charge in [0.2, 0.25) is 0 Å². The molecule has 0 saturated heterocycles. The van der Waals surface area contributed by atoms with Crippen LogP contribution in [0.1, 0.15) is 30.3 Å². The predicted molar refractivity (Wildman–Crippen MR) is 95.1 cm³/mol. The number of nitrogens with zero attached hydrogens (tertiary/aromatic N) is 2. The maximum absolute atomic E-state index is 5.92. The van der Waals surface area contributed by atoms with Gasteiger partial charge in [0, 0.05) is 13.0 Å². The molecule has 0 atom stereocenters. The molecule has 0 amide bonds. The van der Waals surface area contributed by atoms with Crippen LogP contribution in [0, 0.1) is 13.8 Å². The maximum Gasteiger partial charge on any atom is 0.119 e. The van der Waals surface area contributed by atoms with E-state index in [4.69, 9.17) is 9.72 Å². The Hall–Kier alpha value is -2.29. The average molecular weight is 308 g/mol. The molecule has 0 aliphatic heterocycles. The van der Waals surface area contributed by atoms with E-state index in [2.05, 4.69) is 61.7 Å². The summed E-state index contributed by atoms with van der Waals surface area (Å²) in [6.45, 7) is 8.02. The third kappa shape index (κ3) is 3.55. The first-order valence-electron chi connectivity index (χ1n) is 8.32. The van der Waals surface area contributed by atoms with E-state index >= 15 is 0 Å². The Morgan fingerprint density at radius 2 is 1.78 bits per heavy atom. The van der Waals surface area contributed by atoms with Crippen LogP contribution in [0.15, 0.2) is 42.5 Å². The van der Waals surface area contributed by atoms with E-state index in [1.165, 1.54) is 16.6 Å². The topological polar surface area (TPSA) is 27.1 Å². The molecule has 0 N–H and O–H groups in total. The average Bonchev–Trinajstić information content (AvgIpc) is 2.88. The summed E-state index contributed by atoms with van der Waals surface area (Å²) in [5, 5.41) is 0. The van der Waals surface area contributed by atoms with Crippen molar-refractivity contribution in [2.75, 3.05) is 6.61 Å². The molecule has 1 aromatic heterocycles. The van der Waals surface area contributed by atoms with E-state index in [0.29, 0.717) is 0 Å². The monoisotopic (exact) mass is 308 g/mol. The number of rotatable bonds is 6. The molecule has 2 aromatic carbocycles. The maximum atomic E-state index is 5.92. The second-order valence-electron chi connectivity index (χ2n) is 6.05. The zero-order valence-corrected chi connectivity index (χ0v) is 14.2. The zero-order chi connectivity index (χ0) is 16.2. The summed E-state index contributed by atoms with van der Waals surface area (Å²) >= 11 is 0. The van der Waals surface area contributed by atoms with Crippen LogP contribution in [0.5, 0.6) is 5.75 Å². The first-order valence-corrected chi connectivity index (χ1v) is 8.32. The summed E-state index contributed by atoms with van der Waals surface area (Å²) in [5.41, 5.74) is 4.79. The van der Waals surface area contributed by atoms with Gasteiger partial charge in [0.1, 0.15) is 11.6 Å². The number of hydrogen-bond donors (Lipinski definition) is 0. The molecule has 0 aliphatic rings. The molecule has 23 heavy (non-hydrogen) atoms. The molecule has 3 rings (SSSR count). The van der Waals surface area contributed by atoms with E-state index in [1.54, 1.807) is 0 Å². The van der Waals surface area contributed by atoms with Crippen molar-refractivity contribution < 1.29 is 4.74 Å². The van der Waals surface area contributed by atoms with Crippen molar-refractivity contribution in [1.29, 1.82) is 0 Å². The minimum atomic E-state index is 0.721. The number of aromatic nitrogens is 2. The number of aryl methyl sites for hydroxylation is 4. The lowest BCUT2D eigenvalue weighted by molar-refractivity contribution is 0.301. The molecule has 1 heterocycles. The molecule has 120 valence electrons. The quantitative estimate of drug-likeness (QED) is 0.618. The van der Waals surface area contributed by atoms with Gasteiger partial charge in [0.25, 0.3) is 0 Å². The fraction of sp³-hybridized carbons (Fsp3) is 0.350. The molecule has 3 heteroatoms. The minimum Gasteiger partial charge on any atom is -0.494 e. The highest BCUT2D eigenvalue weighted by atomic mass is 16.5. The Kier molecular flexibility index (Phi) is 4.65. The Morgan fingerprint density at radius 3 is 2.52 bits per heavy atom. The minimum absolute atomic E-state index is 0.721. The predicted octanol–water partition coefficient (Wildman–Crippen LogP) is 4.68. The Morgan fingerprint density at radius 1 is 1.04 bits per heavy atom. The Balaban J connectivity index is 1.64. The normalized spacial score (nSPS) is 11.1. The third-order valence-corrected chi connectivity index (χ3v) is 4.04. The summed E-state index contributed by atoms with van der Waals surface area (Å²) in [4.78, 5) is 4.71. The number of ether oxygens (including phenoxy) is 1. The molecule has 3 aromatic rings. The number of fused-ring (bicyclic) bond motifs is 1. The molecule has 0 unspecified atom stereocenters. The lowest BCUT2D eigenvalue weighted by Gasteiger charge is -2.10. The van der Waals surface area contributed by atoms with Crippen molar-refractivity contribution in [2.45, 2.75) is 40.2 Å². The fourth-order valence-electron chi connectivity index (χ4n) is 3.07. The van der Waals surface area contributed by atoms with Crippen LogP contribution in [0.2, 0.25) is 0 Å². The number of para-hydroxylation sites is 2. The van der Waals surface area contributed by atoms with E-state index in [1.807, 2.05) is 6.07 Å². The highest BCUT2D eigenvalue weighted by Gasteiger charge is 2.08. The molecule has 0 bridgehead atoms. The summed E-state index contributed by atoms with van der Waals surface area (Å²) in [7, 11) is 0. The smallest absolute Gasteiger partial charge is 0.119 e. The third-order valence-electron chi connectivity index (χ3n) is 4.04. The SMILES string of the molecule is CCc1nc2ccccc2n1CCCOc1cc(C)cc(C)c1. The van der Waals surface area contributed by atoms with Crippen LogP contribution in [-0.4, -0.2) is 16.2 Å². The first-order chi connectivity index (χ1) is 11.2. The Bertz CT molecular complexity index is 784. The first kappa shape index (κ1) is 15.6. The van der Waals surface area contributed by atoms with Gasteiger partial charge in [0.15, 0.2) is 0 Å². The zero-order valence-electron chi connectivity index (χ0n) is 14.2. The van der Waals surface area contributed by atoms with Gasteiger partial charge in [-0.15, -0.1) is 0 Å². The lowest BCUT2D eigenvalue weighted by atomic mass is 10.1. The van der Waals surface area contributed by atoms with Gasteiger partial charge in [-0.2, -0.15) is 0 Å². The second kappa shape index (κ2) is 6.86. The largest absolute Gasteiger partial charge is 0.494 e. The van der Waals surface area contributed by atoms with Gasteiger partial charge in [-0.3, -0.25) is 0 Å². The lowest BCUT2D eigenvalue weighted by Crippen LogP contribution is -2.07. The van der Waals surface area contributed by atoms with E-state index < -0.39 is 0 Å². The molecule has 0 aliphatic carbocycles. The van der Waals surface area contributed by atoms with Gasteiger partial charge in [-0.1, -0.05) is 25.1 Å². The van der Waals surface area contributed by atoms with Crippen LogP contribution in [0.4, 0.5) is 0 Å². The Labute approximate surface area is 137 Å². The van der Waals surface area contributed by atoms with Crippen molar-refractivity contribution in [1.82, 2.24) is 9.55 Å². The highest BCUT2D eigenvalue weighted by molar-refractivity contribution is 5.75. The van der Waals surface area contributed by atoms with Crippen LogP contribution in [0.25, 0.3) is 11.0 Å².